The summed E-state index contributed by atoms with van der Waals surface area (Å²) in [7, 11) is 0. The number of Topliss-reactive ketones (excluding diaryl/α,β-unsaturated/α-hetero) is 1. The Hall–Kier alpha value is -7.99. The van der Waals surface area contributed by atoms with E-state index in [-0.39, 0.29) is 75.6 Å². The molecule has 27 heteroatoms. The Morgan fingerprint density at radius 3 is 2.25 bits per heavy atom. The Bertz CT molecular complexity index is 3840. The van der Waals surface area contributed by atoms with Crippen molar-refractivity contribution >= 4 is 105 Å². The number of carboxylic acid groups (broad SMARTS) is 2. The van der Waals surface area contributed by atoms with Crippen molar-refractivity contribution in [3.05, 3.63) is 170 Å². The van der Waals surface area contributed by atoms with Gasteiger partial charge in [0.15, 0.2) is 18.0 Å². The van der Waals surface area contributed by atoms with Gasteiger partial charge in [0.1, 0.15) is 45.6 Å². The zero-order valence-corrected chi connectivity index (χ0v) is 44.7. The van der Waals surface area contributed by atoms with Crippen LogP contribution in [0.1, 0.15) is 94.0 Å². The summed E-state index contributed by atoms with van der Waals surface area (Å²) >= 11 is 17.4. The second-order valence-electron chi connectivity index (χ2n) is 17.2. The van der Waals surface area contributed by atoms with E-state index >= 15 is 0 Å². The van der Waals surface area contributed by atoms with Gasteiger partial charge in [-0.2, -0.15) is 29.2 Å². The molecule has 0 unspecified atom stereocenters. The molecule has 0 atom stereocenters. The minimum absolute atomic E-state index is 0.0106. The van der Waals surface area contributed by atoms with Gasteiger partial charge in [-0.3, -0.25) is 28.5 Å². The number of nitrogens with one attached hydrogen (secondary N) is 1. The maximum Gasteiger partial charge on any atom is 0.352 e. The van der Waals surface area contributed by atoms with Crippen LogP contribution in [0.25, 0.3) is 22.5 Å². The minimum Gasteiger partial charge on any atom is -0.477 e. The molecule has 0 saturated heterocycles. The van der Waals surface area contributed by atoms with Crippen molar-refractivity contribution in [3.8, 4) is 28.6 Å². The van der Waals surface area contributed by atoms with E-state index in [9.17, 15) is 49.0 Å². The molecule has 0 aliphatic rings. The lowest BCUT2D eigenvalue weighted by molar-refractivity contribution is 0.0675. The zero-order chi connectivity index (χ0) is 54.6. The third kappa shape index (κ3) is 11.8. The summed E-state index contributed by atoms with van der Waals surface area (Å²) in [6.45, 7) is 6.57. The van der Waals surface area contributed by atoms with Crippen LogP contribution in [0.4, 0.5) is 5.82 Å². The summed E-state index contributed by atoms with van der Waals surface area (Å²) in [5, 5.41) is 44.1. The Morgan fingerprint density at radius 1 is 0.921 bits per heavy atom. The summed E-state index contributed by atoms with van der Waals surface area (Å²) in [4.78, 5) is 95.3. The first-order chi connectivity index (χ1) is 36.2. The van der Waals surface area contributed by atoms with E-state index in [0.29, 0.717) is 25.1 Å². The van der Waals surface area contributed by atoms with Crippen LogP contribution in [-0.4, -0.2) is 77.8 Å². The molecule has 0 spiro atoms. The normalized spacial score (nSPS) is 11.2. The van der Waals surface area contributed by atoms with E-state index in [2.05, 4.69) is 24.9 Å². The zero-order valence-electron chi connectivity index (χ0n) is 40.0. The van der Waals surface area contributed by atoms with Crippen molar-refractivity contribution in [3.63, 3.8) is 0 Å². The van der Waals surface area contributed by atoms with E-state index in [1.807, 2.05) is 12.1 Å². The largest absolute Gasteiger partial charge is 0.477 e. The number of nitrogens with zero attached hydrogens (tertiary/aromatic N) is 9. The number of rotatable bonds is 16. The Morgan fingerprint density at radius 2 is 1.66 bits per heavy atom. The van der Waals surface area contributed by atoms with Gasteiger partial charge in [0.2, 0.25) is 5.78 Å². The molecule has 21 nitrogen and oxygen atoms in total. The number of hydrogen-bond acceptors (Lipinski definition) is 19. The van der Waals surface area contributed by atoms with E-state index in [1.54, 1.807) is 56.5 Å². The van der Waals surface area contributed by atoms with Crippen LogP contribution in [0.2, 0.25) is 8.67 Å². The molecule has 0 saturated carbocycles. The van der Waals surface area contributed by atoms with Crippen molar-refractivity contribution in [1.29, 1.82) is 5.26 Å². The van der Waals surface area contributed by atoms with Gasteiger partial charge in [0, 0.05) is 49.7 Å². The number of hydrogen-bond donors (Lipinski definition) is 3. The van der Waals surface area contributed by atoms with Gasteiger partial charge < -0.3 is 28.9 Å². The highest BCUT2D eigenvalue weighted by Crippen LogP contribution is 2.35. The van der Waals surface area contributed by atoms with Gasteiger partial charge in [-0.25, -0.2) is 14.6 Å². The Labute approximate surface area is 455 Å². The highest BCUT2D eigenvalue weighted by atomic mass is 35.5. The predicted molar refractivity (Wildman–Crippen MR) is 283 cm³/mol. The minimum atomic E-state index is -1.50. The molecular formula is C49H38Cl2N10O11S4. The molecule has 9 aromatic heterocycles. The molecule has 9 aromatic rings. The highest BCUT2D eigenvalue weighted by Gasteiger charge is 2.31. The molecule has 9 rings (SSSR count). The fraction of sp³-hybridized carbons (Fsp3) is 0.184. The molecule has 0 aromatic carbocycles. The number of anilines is 1. The van der Waals surface area contributed by atoms with E-state index < -0.39 is 52.3 Å². The number of nitriles is 1. The monoisotopic (exact) mass is 1140 g/mol. The van der Waals surface area contributed by atoms with Crippen molar-refractivity contribution in [2.75, 3.05) is 5.32 Å². The molecule has 388 valence electrons. The van der Waals surface area contributed by atoms with Crippen LogP contribution in [0, 0.1) is 23.7 Å². The number of halogens is 2. The first kappa shape index (κ1) is 54.3. The molecule has 9 heterocycles. The number of pyridine rings is 2. The number of aromatic nitrogens is 8. The summed E-state index contributed by atoms with van der Waals surface area (Å²) in [5.41, 5.74) is -2.29. The maximum atomic E-state index is 13.2. The fourth-order valence-electron chi connectivity index (χ4n) is 7.40. The topological polar surface area (TPSA) is 293 Å². The summed E-state index contributed by atoms with van der Waals surface area (Å²) in [6.07, 6.45) is 4.91. The number of aromatic carboxylic acids is 2. The predicted octanol–water partition coefficient (Wildman–Crippen LogP) is 9.68. The van der Waals surface area contributed by atoms with Gasteiger partial charge in [-0.1, -0.05) is 44.0 Å². The van der Waals surface area contributed by atoms with Gasteiger partial charge in [0.25, 0.3) is 17.0 Å². The number of thiophene rings is 2. The molecular weight excluding hydrogens is 1100 g/mol. The molecule has 0 radical (unpaired) electrons. The van der Waals surface area contributed by atoms with Crippen LogP contribution in [-0.2, 0) is 25.4 Å². The number of oxazole rings is 1. The lowest BCUT2D eigenvalue weighted by Crippen LogP contribution is -2.30. The van der Waals surface area contributed by atoms with E-state index in [1.165, 1.54) is 98.9 Å². The fourth-order valence-corrected chi connectivity index (χ4v) is 11.1. The standard InChI is InChI=1S/C25H23ClN4O6S2.C24H15ClN6O5S2/c1-13-15(7-20(32)29(22(13)23(33)34)9-18(31)17-10-36-12-27-17)16-8-21(30(28-16)24(35)25(2,3)4)37-11-14-5-6-19(26)38-14;25-18-4-3-14(38-18)11-27-21-16(10-26)20(28-31(21)22(32)17-2-1-8-36-17)15-5-7-30(12-13-6-9-37-29-13)23(33)19(15)24(34)35/h5-8,10,12H,9,11H2,1-4H3,(H,33,34);1-9,27H,11-12H2,(H,34,35). The number of carboxylic acids is 2. The van der Waals surface area contributed by atoms with Gasteiger partial charge in [-0.05, 0) is 78.6 Å². The third-order valence-electron chi connectivity index (χ3n) is 11.0. The van der Waals surface area contributed by atoms with Crippen molar-refractivity contribution in [2.24, 2.45) is 5.41 Å². The Kier molecular flexibility index (Phi) is 16.3. The molecule has 0 aliphatic heterocycles. The first-order valence-corrected chi connectivity index (χ1v) is 26.3. The number of thioether (sulfide) groups is 1. The van der Waals surface area contributed by atoms with Crippen LogP contribution in [0.15, 0.2) is 115 Å². The number of carbonyl (C=O) groups excluding carboxylic acids is 3. The van der Waals surface area contributed by atoms with Gasteiger partial charge >= 0.3 is 17.8 Å². The third-order valence-corrected chi connectivity index (χ3v) is 15.3. The summed E-state index contributed by atoms with van der Waals surface area (Å²) in [5.74, 6) is -3.94. The lowest BCUT2D eigenvalue weighted by atomic mass is 9.96. The molecule has 0 fully saturated rings. The lowest BCUT2D eigenvalue weighted by Gasteiger charge is -2.17. The van der Waals surface area contributed by atoms with Crippen LogP contribution in [0.5, 0.6) is 0 Å². The van der Waals surface area contributed by atoms with E-state index in [0.717, 1.165) is 31.7 Å². The van der Waals surface area contributed by atoms with Gasteiger partial charge in [-0.15, -0.1) is 34.4 Å². The quantitative estimate of drug-likeness (QED) is 0.0599. The molecule has 0 aliphatic carbocycles. The molecule has 3 N–H and O–H groups in total. The Balaban J connectivity index is 0.000000201. The number of furan rings is 1. The average Bonchev–Trinajstić information content (AvgIpc) is 4.25. The highest BCUT2D eigenvalue weighted by molar-refractivity contribution is 7.98. The van der Waals surface area contributed by atoms with Crippen molar-refractivity contribution in [2.45, 2.75) is 58.1 Å². The van der Waals surface area contributed by atoms with Crippen LogP contribution >= 0.6 is 69.2 Å². The molecule has 0 bridgehead atoms. The second-order valence-corrected chi connectivity index (χ2v) is 22.4. The van der Waals surface area contributed by atoms with Gasteiger partial charge in [0.05, 0.1) is 46.0 Å². The van der Waals surface area contributed by atoms with Crippen molar-refractivity contribution in [1.82, 2.24) is 38.1 Å². The average molecular weight is 1140 g/mol. The van der Waals surface area contributed by atoms with E-state index in [4.69, 9.17) is 32.0 Å². The number of ketones is 1. The number of carbonyl (C=O) groups is 5. The smallest absolute Gasteiger partial charge is 0.352 e. The maximum absolute atomic E-state index is 13.2. The second kappa shape index (κ2) is 22.9. The molecule has 0 amide bonds. The molecule has 76 heavy (non-hydrogen) atoms. The van der Waals surface area contributed by atoms with Crippen molar-refractivity contribution < 1.29 is 43.0 Å². The SMILES string of the molecule is Cc1c(-c2cc(SCc3ccc(Cl)s3)n(C(=O)C(C)(C)C)n2)cc(=O)n(CC(=O)c2cocn2)c1C(=O)O.N#Cc1c(-c2ccn(Cc3ccsn3)c(=O)c2C(=O)O)nn(C(=O)c2ccco2)c1NCc1ccc(Cl)s1. The van der Waals surface area contributed by atoms with Crippen LogP contribution in [0.3, 0.4) is 0 Å². The van der Waals surface area contributed by atoms with Crippen LogP contribution < -0.4 is 16.4 Å². The first-order valence-electron chi connectivity index (χ1n) is 22.1. The summed E-state index contributed by atoms with van der Waals surface area (Å²) in [6, 6.07) is 18.1. The summed E-state index contributed by atoms with van der Waals surface area (Å²) < 4.78 is 19.7.